The maximum absolute atomic E-state index is 12.4. The summed E-state index contributed by atoms with van der Waals surface area (Å²) >= 11 is 0. The van der Waals surface area contributed by atoms with Crippen molar-refractivity contribution in [3.05, 3.63) is 71.3 Å². The highest BCUT2D eigenvalue weighted by Crippen LogP contribution is 2.36. The van der Waals surface area contributed by atoms with E-state index in [2.05, 4.69) is 21.4 Å². The molecule has 0 aliphatic carbocycles. The molecule has 3 aromatic rings. The first-order valence-electron chi connectivity index (χ1n) is 7.86. The van der Waals surface area contributed by atoms with Crippen molar-refractivity contribution in [2.75, 3.05) is 5.32 Å². The zero-order valence-electron chi connectivity index (χ0n) is 13.6. The molecule has 2 aromatic heterocycles. The molecule has 0 bridgehead atoms. The van der Waals surface area contributed by atoms with Crippen LogP contribution in [-0.2, 0) is 4.79 Å². The summed E-state index contributed by atoms with van der Waals surface area (Å²) in [7, 11) is 0. The van der Waals surface area contributed by atoms with Crippen molar-refractivity contribution < 1.29 is 4.79 Å². The largest absolute Gasteiger partial charge is 0.359 e. The third-order valence-electron chi connectivity index (χ3n) is 4.28. The number of hydrogen-bond donors (Lipinski definition) is 2. The van der Waals surface area contributed by atoms with Crippen LogP contribution >= 0.6 is 0 Å². The predicted molar refractivity (Wildman–Crippen MR) is 96.4 cm³/mol. The first kappa shape index (κ1) is 14.5. The zero-order chi connectivity index (χ0) is 16.7. The number of anilines is 1. The van der Waals surface area contributed by atoms with E-state index in [1.807, 2.05) is 56.5 Å². The van der Waals surface area contributed by atoms with Crippen LogP contribution in [0.2, 0.25) is 0 Å². The topological polar surface area (TPSA) is 57.8 Å². The van der Waals surface area contributed by atoms with Gasteiger partial charge in [-0.2, -0.15) is 0 Å². The fourth-order valence-corrected chi connectivity index (χ4v) is 3.09. The van der Waals surface area contributed by atoms with Crippen molar-refractivity contribution in [1.82, 2.24) is 9.97 Å². The molecule has 118 valence electrons. The van der Waals surface area contributed by atoms with Crippen LogP contribution < -0.4 is 5.32 Å². The number of benzene rings is 1. The van der Waals surface area contributed by atoms with Gasteiger partial charge in [0.1, 0.15) is 0 Å². The van der Waals surface area contributed by atoms with Crippen LogP contribution in [0.5, 0.6) is 0 Å². The van der Waals surface area contributed by atoms with Crippen molar-refractivity contribution in [1.29, 1.82) is 0 Å². The lowest BCUT2D eigenvalue weighted by molar-refractivity contribution is -0.110. The second-order valence-corrected chi connectivity index (χ2v) is 6.06. The van der Waals surface area contributed by atoms with E-state index in [0.717, 1.165) is 39.3 Å². The Morgan fingerprint density at radius 3 is 2.67 bits per heavy atom. The molecule has 2 N–H and O–H groups in total. The van der Waals surface area contributed by atoms with Gasteiger partial charge in [-0.1, -0.05) is 12.1 Å². The summed E-state index contributed by atoms with van der Waals surface area (Å²) in [6, 6.07) is 12.0. The molecule has 3 heterocycles. The molecule has 0 fully saturated rings. The van der Waals surface area contributed by atoms with Crippen molar-refractivity contribution >= 4 is 23.2 Å². The fourth-order valence-electron chi connectivity index (χ4n) is 3.09. The van der Waals surface area contributed by atoms with Gasteiger partial charge < -0.3 is 10.3 Å². The Labute approximate surface area is 140 Å². The van der Waals surface area contributed by atoms with Gasteiger partial charge in [0.15, 0.2) is 0 Å². The molecule has 0 radical (unpaired) electrons. The van der Waals surface area contributed by atoms with Gasteiger partial charge in [0.25, 0.3) is 5.91 Å². The third-order valence-corrected chi connectivity index (χ3v) is 4.28. The summed E-state index contributed by atoms with van der Waals surface area (Å²) in [6.07, 6.45) is 5.51. The molecule has 0 saturated heterocycles. The van der Waals surface area contributed by atoms with Gasteiger partial charge in [-0.05, 0) is 55.3 Å². The van der Waals surface area contributed by atoms with Crippen LogP contribution in [-0.4, -0.2) is 15.9 Å². The lowest BCUT2D eigenvalue weighted by Crippen LogP contribution is -2.03. The van der Waals surface area contributed by atoms with Gasteiger partial charge in [0.2, 0.25) is 0 Å². The molecule has 4 rings (SSSR count). The molecule has 0 unspecified atom stereocenters. The summed E-state index contributed by atoms with van der Waals surface area (Å²) in [5, 5.41) is 2.94. The Bertz CT molecular complexity index is 968. The van der Waals surface area contributed by atoms with Crippen LogP contribution in [0, 0.1) is 13.8 Å². The molecule has 24 heavy (non-hydrogen) atoms. The molecule has 4 heteroatoms. The molecular formula is C20H17N3O. The second-order valence-electron chi connectivity index (χ2n) is 6.06. The number of H-pyrrole nitrogens is 1. The Morgan fingerprint density at radius 1 is 1.08 bits per heavy atom. The standard InChI is InChI=1S/C20H17N3O/c1-12-8-13(2)22-19(12)10-17-16-9-14(15-4-3-7-21-11-15)5-6-18(16)23-20(17)24/h3-11,22H,1-2H3,(H,23,24). The maximum atomic E-state index is 12.4. The third kappa shape index (κ3) is 2.42. The van der Waals surface area contributed by atoms with Gasteiger partial charge >= 0.3 is 0 Å². The number of amides is 1. The first-order chi connectivity index (χ1) is 11.6. The van der Waals surface area contributed by atoms with Gasteiger partial charge in [0, 0.05) is 40.6 Å². The quantitative estimate of drug-likeness (QED) is 0.697. The smallest absolute Gasteiger partial charge is 0.256 e. The number of carbonyl (C=O) groups excluding carboxylic acids is 1. The van der Waals surface area contributed by atoms with E-state index in [0.29, 0.717) is 5.57 Å². The Balaban J connectivity index is 1.83. The molecule has 1 aliphatic heterocycles. The number of rotatable bonds is 2. The minimum atomic E-state index is -0.0695. The van der Waals surface area contributed by atoms with Crippen molar-refractivity contribution in [3.63, 3.8) is 0 Å². The van der Waals surface area contributed by atoms with Gasteiger partial charge in [0.05, 0.1) is 5.57 Å². The van der Waals surface area contributed by atoms with Gasteiger partial charge in [-0.15, -0.1) is 0 Å². The van der Waals surface area contributed by atoms with Crippen LogP contribution in [0.3, 0.4) is 0 Å². The predicted octanol–water partition coefficient (Wildman–Crippen LogP) is 4.19. The summed E-state index contributed by atoms with van der Waals surface area (Å²) < 4.78 is 0. The number of aromatic amines is 1. The van der Waals surface area contributed by atoms with Crippen molar-refractivity contribution in [2.24, 2.45) is 0 Å². The first-order valence-corrected chi connectivity index (χ1v) is 7.86. The number of carbonyl (C=O) groups is 1. The number of hydrogen-bond acceptors (Lipinski definition) is 2. The zero-order valence-corrected chi connectivity index (χ0v) is 13.6. The Morgan fingerprint density at radius 2 is 1.96 bits per heavy atom. The van der Waals surface area contributed by atoms with Gasteiger partial charge in [-0.25, -0.2) is 0 Å². The molecule has 0 atom stereocenters. The summed E-state index contributed by atoms with van der Waals surface area (Å²) in [5.41, 5.74) is 7.71. The Hall–Kier alpha value is -3.14. The van der Waals surface area contributed by atoms with Crippen LogP contribution in [0.15, 0.2) is 48.8 Å². The summed E-state index contributed by atoms with van der Waals surface area (Å²) in [6.45, 7) is 4.05. The number of nitrogens with one attached hydrogen (secondary N) is 2. The molecule has 1 aliphatic rings. The average Bonchev–Trinajstić information content (AvgIpc) is 3.07. The van der Waals surface area contributed by atoms with Gasteiger partial charge in [-0.3, -0.25) is 9.78 Å². The normalized spacial score (nSPS) is 14.8. The van der Waals surface area contributed by atoms with Crippen LogP contribution in [0.1, 0.15) is 22.5 Å². The molecule has 1 aromatic carbocycles. The number of nitrogens with zero attached hydrogens (tertiary/aromatic N) is 1. The highest BCUT2D eigenvalue weighted by Gasteiger charge is 2.25. The lowest BCUT2D eigenvalue weighted by atomic mass is 9.99. The summed E-state index contributed by atoms with van der Waals surface area (Å²) in [4.78, 5) is 19.9. The van der Waals surface area contributed by atoms with Crippen LogP contribution in [0.25, 0.3) is 22.8 Å². The monoisotopic (exact) mass is 315 g/mol. The van der Waals surface area contributed by atoms with Crippen molar-refractivity contribution in [2.45, 2.75) is 13.8 Å². The highest BCUT2D eigenvalue weighted by atomic mass is 16.2. The molecule has 1 amide bonds. The lowest BCUT2D eigenvalue weighted by Gasteiger charge is -2.04. The van der Waals surface area contributed by atoms with E-state index in [1.165, 1.54) is 0 Å². The van der Waals surface area contributed by atoms with E-state index in [4.69, 9.17) is 0 Å². The second kappa shape index (κ2) is 5.49. The average molecular weight is 315 g/mol. The fraction of sp³-hybridized carbons (Fsp3) is 0.100. The van der Waals surface area contributed by atoms with E-state index >= 15 is 0 Å². The number of aromatic nitrogens is 2. The van der Waals surface area contributed by atoms with Crippen LogP contribution in [0.4, 0.5) is 5.69 Å². The highest BCUT2D eigenvalue weighted by molar-refractivity contribution is 6.35. The maximum Gasteiger partial charge on any atom is 0.256 e. The minimum absolute atomic E-state index is 0.0695. The van der Waals surface area contributed by atoms with Crippen molar-refractivity contribution in [3.8, 4) is 11.1 Å². The Kier molecular flexibility index (Phi) is 3.31. The SMILES string of the molecule is Cc1cc(C)c(C=C2C(=O)Nc3ccc(-c4cccnc4)cc32)[nH]1. The van der Waals surface area contributed by atoms with E-state index < -0.39 is 0 Å². The molecular weight excluding hydrogens is 298 g/mol. The minimum Gasteiger partial charge on any atom is -0.359 e. The molecule has 0 spiro atoms. The number of aryl methyl sites for hydroxylation is 2. The van der Waals surface area contributed by atoms with E-state index in [9.17, 15) is 4.79 Å². The van der Waals surface area contributed by atoms with E-state index in [1.54, 1.807) is 6.20 Å². The summed E-state index contributed by atoms with van der Waals surface area (Å²) in [5.74, 6) is -0.0695. The molecule has 4 nitrogen and oxygen atoms in total. The number of fused-ring (bicyclic) bond motifs is 1. The van der Waals surface area contributed by atoms with E-state index in [-0.39, 0.29) is 5.91 Å². The number of pyridine rings is 1. The molecule has 0 saturated carbocycles.